The van der Waals surface area contributed by atoms with E-state index in [2.05, 4.69) is 0 Å². The van der Waals surface area contributed by atoms with Crippen LogP contribution in [-0.4, -0.2) is 32.2 Å². The highest BCUT2D eigenvalue weighted by atomic mass is 32.2. The van der Waals surface area contributed by atoms with E-state index in [-0.39, 0.29) is 22.9 Å². The molecule has 1 aliphatic rings. The molecule has 2 rings (SSSR count). The molecular weight excluding hydrogens is 308 g/mol. The highest BCUT2D eigenvalue weighted by Crippen LogP contribution is 2.29. The number of benzene rings is 1. The van der Waals surface area contributed by atoms with E-state index >= 15 is 0 Å². The maximum Gasteiger partial charge on any atom is 0.270 e. The number of rotatable bonds is 4. The average Bonchev–Trinajstić information content (AvgIpc) is 2.45. The standard InChI is InChI=1S/C13H16N4O4S/c14-7-11-6-12(17(18)19)3-4-13(11)16-5-1-2-10(8-16)9-22(15,20)21/h3-4,6,10H,1-2,5,8-9H2,(H2,15,20,21)/t10-/m1/s1. The SMILES string of the molecule is N#Cc1cc([N+](=O)[O-])ccc1N1CCC[C@@H](CS(N)(=O)=O)C1. The van der Waals surface area contributed by atoms with E-state index in [0.717, 1.165) is 12.8 Å². The molecule has 1 heterocycles. The van der Waals surface area contributed by atoms with Crippen molar-refractivity contribution in [2.24, 2.45) is 11.1 Å². The summed E-state index contributed by atoms with van der Waals surface area (Å²) < 4.78 is 22.4. The number of non-ortho nitro benzene ring substituents is 1. The van der Waals surface area contributed by atoms with Gasteiger partial charge in [-0.1, -0.05) is 0 Å². The number of primary sulfonamides is 1. The molecule has 1 saturated heterocycles. The molecule has 2 N–H and O–H groups in total. The van der Waals surface area contributed by atoms with E-state index in [1.54, 1.807) is 0 Å². The number of sulfonamides is 1. The van der Waals surface area contributed by atoms with Gasteiger partial charge in [-0.3, -0.25) is 10.1 Å². The number of nitro groups is 1. The van der Waals surface area contributed by atoms with Crippen molar-refractivity contribution >= 4 is 21.4 Å². The Morgan fingerprint density at radius 2 is 2.23 bits per heavy atom. The first-order valence-corrected chi connectivity index (χ1v) is 8.45. The van der Waals surface area contributed by atoms with Gasteiger partial charge in [-0.25, -0.2) is 13.6 Å². The zero-order valence-corrected chi connectivity index (χ0v) is 12.6. The van der Waals surface area contributed by atoms with Crippen molar-refractivity contribution in [1.29, 1.82) is 5.26 Å². The van der Waals surface area contributed by atoms with Gasteiger partial charge in [0.05, 0.1) is 21.9 Å². The van der Waals surface area contributed by atoms with Gasteiger partial charge in [0, 0.05) is 25.2 Å². The molecule has 0 radical (unpaired) electrons. The van der Waals surface area contributed by atoms with Gasteiger partial charge in [0.15, 0.2) is 0 Å². The average molecular weight is 324 g/mol. The van der Waals surface area contributed by atoms with Crippen LogP contribution in [-0.2, 0) is 10.0 Å². The molecule has 0 unspecified atom stereocenters. The van der Waals surface area contributed by atoms with Crippen LogP contribution in [0.1, 0.15) is 18.4 Å². The van der Waals surface area contributed by atoms with Gasteiger partial charge in [0.1, 0.15) is 6.07 Å². The van der Waals surface area contributed by atoms with Gasteiger partial charge in [0.25, 0.3) is 5.69 Å². The number of anilines is 1. The molecule has 0 spiro atoms. The molecule has 0 saturated carbocycles. The van der Waals surface area contributed by atoms with Crippen molar-refractivity contribution < 1.29 is 13.3 Å². The predicted octanol–water partition coefficient (Wildman–Crippen LogP) is 0.971. The quantitative estimate of drug-likeness (QED) is 0.648. The normalized spacial score (nSPS) is 18.7. The number of nitro benzene ring substituents is 1. The van der Waals surface area contributed by atoms with Crippen LogP contribution < -0.4 is 10.0 Å². The van der Waals surface area contributed by atoms with Gasteiger partial charge in [-0.05, 0) is 24.8 Å². The van der Waals surface area contributed by atoms with Crippen LogP contribution in [0, 0.1) is 27.4 Å². The summed E-state index contributed by atoms with van der Waals surface area (Å²) in [5.74, 6) is -0.205. The lowest BCUT2D eigenvalue weighted by Crippen LogP contribution is -2.39. The summed E-state index contributed by atoms with van der Waals surface area (Å²) in [6.45, 7) is 1.14. The molecular formula is C13H16N4O4S. The summed E-state index contributed by atoms with van der Waals surface area (Å²) in [6, 6.07) is 6.08. The molecule has 22 heavy (non-hydrogen) atoms. The molecule has 1 fully saturated rings. The van der Waals surface area contributed by atoms with Gasteiger partial charge >= 0.3 is 0 Å². The summed E-state index contributed by atoms with van der Waals surface area (Å²) in [6.07, 6.45) is 1.53. The molecule has 8 nitrogen and oxygen atoms in total. The van der Waals surface area contributed by atoms with Crippen LogP contribution in [0.2, 0.25) is 0 Å². The third-order valence-corrected chi connectivity index (χ3v) is 4.58. The molecule has 1 aromatic carbocycles. The van der Waals surface area contributed by atoms with Gasteiger partial charge < -0.3 is 4.90 Å². The van der Waals surface area contributed by atoms with Crippen LogP contribution in [0.5, 0.6) is 0 Å². The number of piperidine rings is 1. The number of nitrogens with zero attached hydrogens (tertiary/aromatic N) is 3. The molecule has 0 bridgehead atoms. The van der Waals surface area contributed by atoms with Crippen LogP contribution in [0.3, 0.4) is 0 Å². The minimum absolute atomic E-state index is 0.0988. The Bertz CT molecular complexity index is 726. The van der Waals surface area contributed by atoms with E-state index in [4.69, 9.17) is 5.14 Å². The lowest BCUT2D eigenvalue weighted by Gasteiger charge is -2.34. The van der Waals surface area contributed by atoms with Crippen molar-refractivity contribution in [3.63, 3.8) is 0 Å². The van der Waals surface area contributed by atoms with E-state index in [9.17, 15) is 23.8 Å². The summed E-state index contributed by atoms with van der Waals surface area (Å²) in [5.41, 5.74) is 0.663. The van der Waals surface area contributed by atoms with Crippen molar-refractivity contribution in [3.8, 4) is 6.07 Å². The molecule has 0 aromatic heterocycles. The van der Waals surface area contributed by atoms with E-state index < -0.39 is 14.9 Å². The minimum Gasteiger partial charge on any atom is -0.370 e. The van der Waals surface area contributed by atoms with Crippen LogP contribution in [0.25, 0.3) is 0 Å². The maximum absolute atomic E-state index is 11.2. The second kappa shape index (κ2) is 6.29. The molecule has 9 heteroatoms. The van der Waals surface area contributed by atoms with Gasteiger partial charge in [-0.2, -0.15) is 5.26 Å². The second-order valence-corrected chi connectivity index (χ2v) is 7.01. The maximum atomic E-state index is 11.2. The van der Waals surface area contributed by atoms with E-state index in [1.807, 2.05) is 11.0 Å². The fraction of sp³-hybridized carbons (Fsp3) is 0.462. The molecule has 1 atom stereocenters. The largest absolute Gasteiger partial charge is 0.370 e. The lowest BCUT2D eigenvalue weighted by molar-refractivity contribution is -0.384. The smallest absolute Gasteiger partial charge is 0.270 e. The van der Waals surface area contributed by atoms with Gasteiger partial charge in [-0.15, -0.1) is 0 Å². The summed E-state index contributed by atoms with van der Waals surface area (Å²) in [5, 5.41) is 25.0. The minimum atomic E-state index is -3.54. The highest BCUT2D eigenvalue weighted by Gasteiger charge is 2.25. The Balaban J connectivity index is 2.24. The Morgan fingerprint density at radius 3 is 2.82 bits per heavy atom. The predicted molar refractivity (Wildman–Crippen MR) is 80.7 cm³/mol. The summed E-state index contributed by atoms with van der Waals surface area (Å²) >= 11 is 0. The topological polar surface area (TPSA) is 130 Å². The zero-order chi connectivity index (χ0) is 16.3. The molecule has 118 valence electrons. The highest BCUT2D eigenvalue weighted by molar-refractivity contribution is 7.89. The van der Waals surface area contributed by atoms with E-state index in [0.29, 0.717) is 18.8 Å². The first-order chi connectivity index (χ1) is 10.3. The first-order valence-electron chi connectivity index (χ1n) is 6.74. The monoisotopic (exact) mass is 324 g/mol. The van der Waals surface area contributed by atoms with Crippen LogP contribution in [0.15, 0.2) is 18.2 Å². The third-order valence-electron chi connectivity index (χ3n) is 3.64. The third kappa shape index (κ3) is 3.93. The van der Waals surface area contributed by atoms with Crippen molar-refractivity contribution in [2.45, 2.75) is 12.8 Å². The van der Waals surface area contributed by atoms with Gasteiger partial charge in [0.2, 0.25) is 10.0 Å². The number of hydrogen-bond donors (Lipinski definition) is 1. The molecule has 1 aliphatic heterocycles. The second-order valence-electron chi connectivity index (χ2n) is 5.35. The molecule has 1 aromatic rings. The van der Waals surface area contributed by atoms with Crippen molar-refractivity contribution in [2.75, 3.05) is 23.7 Å². The summed E-state index contributed by atoms with van der Waals surface area (Å²) in [7, 11) is -3.54. The van der Waals surface area contributed by atoms with Crippen LogP contribution in [0.4, 0.5) is 11.4 Å². The van der Waals surface area contributed by atoms with Crippen molar-refractivity contribution in [3.05, 3.63) is 33.9 Å². The number of nitrogens with two attached hydrogens (primary N) is 1. The fourth-order valence-electron chi connectivity index (χ4n) is 2.75. The Kier molecular flexibility index (Phi) is 4.63. The number of hydrogen-bond acceptors (Lipinski definition) is 6. The first kappa shape index (κ1) is 16.2. The Morgan fingerprint density at radius 1 is 1.50 bits per heavy atom. The van der Waals surface area contributed by atoms with Crippen molar-refractivity contribution in [1.82, 2.24) is 0 Å². The fourth-order valence-corrected chi connectivity index (χ4v) is 3.68. The lowest BCUT2D eigenvalue weighted by atomic mass is 9.98. The van der Waals surface area contributed by atoms with E-state index in [1.165, 1.54) is 18.2 Å². The molecule has 0 amide bonds. The van der Waals surface area contributed by atoms with Crippen LogP contribution >= 0.6 is 0 Å². The molecule has 0 aliphatic carbocycles. The number of nitriles is 1. The summed E-state index contributed by atoms with van der Waals surface area (Å²) in [4.78, 5) is 12.1. The Labute approximate surface area is 128 Å². The zero-order valence-electron chi connectivity index (χ0n) is 11.8. The Hall–Kier alpha value is -2.18.